The molecule has 1 aromatic heterocycles. The Kier molecular flexibility index (Phi) is 5.63. The Bertz CT molecular complexity index is 979. The molecule has 0 saturated carbocycles. The zero-order valence-corrected chi connectivity index (χ0v) is 15.0. The first kappa shape index (κ1) is 18.8. The van der Waals surface area contributed by atoms with Crippen molar-refractivity contribution in [1.82, 2.24) is 10.2 Å². The summed E-state index contributed by atoms with van der Waals surface area (Å²) in [7, 11) is 2.15. The van der Waals surface area contributed by atoms with E-state index in [1.54, 1.807) is 24.3 Å². The third kappa shape index (κ3) is 4.21. The second-order valence-electron chi connectivity index (χ2n) is 6.36. The molecule has 4 rings (SSSR count). The van der Waals surface area contributed by atoms with Gasteiger partial charge in [-0.15, -0.1) is 0 Å². The van der Waals surface area contributed by atoms with E-state index in [1.165, 1.54) is 19.2 Å². The van der Waals surface area contributed by atoms with Crippen LogP contribution in [-0.2, 0) is 0 Å². The molecule has 0 unspecified atom stereocenters. The van der Waals surface area contributed by atoms with Crippen LogP contribution in [0.15, 0.2) is 51.7 Å². The summed E-state index contributed by atoms with van der Waals surface area (Å²) >= 11 is 0. The molecule has 1 aliphatic rings. The molecule has 0 bridgehead atoms. The monoisotopic (exact) mass is 370 g/mol. The van der Waals surface area contributed by atoms with E-state index >= 15 is 0 Å². The fraction of sp³-hybridized carbons (Fsp3) is 0.250. The van der Waals surface area contributed by atoms with Gasteiger partial charge in [0, 0.05) is 43.9 Å². The van der Waals surface area contributed by atoms with Crippen molar-refractivity contribution < 1.29 is 19.7 Å². The van der Waals surface area contributed by atoms with Gasteiger partial charge in [-0.05, 0) is 7.05 Å². The number of nitrogens with zero attached hydrogens (tertiary/aromatic N) is 1. The maximum Gasteiger partial charge on any atom is 0.201 e. The van der Waals surface area contributed by atoms with Gasteiger partial charge in [-0.3, -0.25) is 4.79 Å². The summed E-state index contributed by atoms with van der Waals surface area (Å²) in [4.78, 5) is 14.4. The van der Waals surface area contributed by atoms with E-state index < -0.39 is 22.7 Å². The van der Waals surface area contributed by atoms with E-state index in [9.17, 15) is 20.1 Å². The number of rotatable bonds is 1. The molecule has 0 atom stereocenters. The van der Waals surface area contributed by atoms with Crippen molar-refractivity contribution in [3.8, 4) is 28.6 Å². The fourth-order valence-corrected chi connectivity index (χ4v) is 2.80. The first-order chi connectivity index (χ1) is 13.0. The molecule has 4 N–H and O–H groups in total. The first-order valence-corrected chi connectivity index (χ1v) is 8.64. The third-order valence-electron chi connectivity index (χ3n) is 4.35. The van der Waals surface area contributed by atoms with Gasteiger partial charge in [0.1, 0.15) is 16.7 Å². The lowest BCUT2D eigenvalue weighted by molar-refractivity contribution is 0.291. The normalized spacial score (nSPS) is 14.6. The van der Waals surface area contributed by atoms with Crippen LogP contribution in [0.25, 0.3) is 22.3 Å². The Morgan fingerprint density at radius 3 is 2.26 bits per heavy atom. The predicted molar refractivity (Wildman–Crippen MR) is 103 cm³/mol. The highest BCUT2D eigenvalue weighted by Gasteiger charge is 2.17. The number of phenolic OH excluding ortho intramolecular Hbond substituents is 3. The van der Waals surface area contributed by atoms with E-state index in [2.05, 4.69) is 17.3 Å². The minimum Gasteiger partial charge on any atom is -0.504 e. The summed E-state index contributed by atoms with van der Waals surface area (Å²) in [5.41, 5.74) is 0.195. The highest BCUT2D eigenvalue weighted by Crippen LogP contribution is 2.40. The molecule has 2 aromatic carbocycles. The Morgan fingerprint density at radius 1 is 1.00 bits per heavy atom. The maximum absolute atomic E-state index is 12.0. The van der Waals surface area contributed by atoms with E-state index in [0.717, 1.165) is 19.2 Å². The van der Waals surface area contributed by atoms with E-state index in [1.807, 2.05) is 6.07 Å². The summed E-state index contributed by atoms with van der Waals surface area (Å²) in [6, 6.07) is 11.3. The van der Waals surface area contributed by atoms with Crippen LogP contribution in [0.2, 0.25) is 0 Å². The number of piperazine rings is 1. The van der Waals surface area contributed by atoms with Gasteiger partial charge < -0.3 is 30.0 Å². The Morgan fingerprint density at radius 2 is 1.67 bits per heavy atom. The molecule has 1 aliphatic heterocycles. The predicted octanol–water partition coefficient (Wildman–Crippen LogP) is 2.10. The van der Waals surface area contributed by atoms with Crippen LogP contribution in [0.3, 0.4) is 0 Å². The summed E-state index contributed by atoms with van der Waals surface area (Å²) in [5.74, 6) is -1.67. The minimum absolute atomic E-state index is 0.00385. The second-order valence-corrected chi connectivity index (χ2v) is 6.36. The first-order valence-electron chi connectivity index (χ1n) is 8.64. The molecule has 7 heteroatoms. The van der Waals surface area contributed by atoms with Crippen molar-refractivity contribution in [3.63, 3.8) is 0 Å². The van der Waals surface area contributed by atoms with Crippen molar-refractivity contribution in [2.45, 2.75) is 0 Å². The van der Waals surface area contributed by atoms with E-state index in [0.29, 0.717) is 11.3 Å². The van der Waals surface area contributed by atoms with Crippen LogP contribution in [0.1, 0.15) is 0 Å². The highest BCUT2D eigenvalue weighted by molar-refractivity contribution is 5.89. The smallest absolute Gasteiger partial charge is 0.201 e. The van der Waals surface area contributed by atoms with Crippen LogP contribution in [0.4, 0.5) is 0 Å². The Balaban J connectivity index is 0.000000253. The quantitative estimate of drug-likeness (QED) is 0.486. The van der Waals surface area contributed by atoms with Crippen molar-refractivity contribution in [2.75, 3.05) is 33.2 Å². The number of aromatic hydroxyl groups is 3. The van der Waals surface area contributed by atoms with Gasteiger partial charge in [-0.2, -0.15) is 0 Å². The van der Waals surface area contributed by atoms with Crippen LogP contribution >= 0.6 is 0 Å². The number of hydrogen-bond acceptors (Lipinski definition) is 7. The number of likely N-dealkylation sites (N-methyl/N-ethyl adjacent to an activating group) is 1. The van der Waals surface area contributed by atoms with Gasteiger partial charge in [0.15, 0.2) is 16.9 Å². The maximum atomic E-state index is 12.0. The van der Waals surface area contributed by atoms with E-state index in [4.69, 9.17) is 4.42 Å². The van der Waals surface area contributed by atoms with Gasteiger partial charge in [0.2, 0.25) is 5.75 Å². The number of benzene rings is 2. The topological polar surface area (TPSA) is 106 Å². The Hall–Kier alpha value is -3.03. The molecule has 1 saturated heterocycles. The largest absolute Gasteiger partial charge is 0.504 e. The summed E-state index contributed by atoms with van der Waals surface area (Å²) < 4.78 is 5.51. The summed E-state index contributed by atoms with van der Waals surface area (Å²) in [6.07, 6.45) is 0. The zero-order valence-electron chi connectivity index (χ0n) is 15.0. The van der Waals surface area contributed by atoms with Gasteiger partial charge in [0.05, 0.1) is 0 Å². The SMILES string of the molecule is CN1CCNCC1.O=c1cc(-c2ccccc2)oc2cc(O)c(O)c(O)c12. The Labute approximate surface area is 156 Å². The average Bonchev–Trinajstić information content (AvgIpc) is 2.67. The molecule has 1 fully saturated rings. The molecule has 7 nitrogen and oxygen atoms in total. The fourth-order valence-electron chi connectivity index (χ4n) is 2.80. The molecule has 0 spiro atoms. The van der Waals surface area contributed by atoms with E-state index in [-0.39, 0.29) is 11.0 Å². The molecular formula is C20H22N2O5. The summed E-state index contributed by atoms with van der Waals surface area (Å²) in [5, 5.41) is 31.7. The van der Waals surface area contributed by atoms with Gasteiger partial charge in [-0.1, -0.05) is 30.3 Å². The van der Waals surface area contributed by atoms with Gasteiger partial charge >= 0.3 is 0 Å². The molecule has 0 aliphatic carbocycles. The third-order valence-corrected chi connectivity index (χ3v) is 4.35. The minimum atomic E-state index is -0.739. The van der Waals surface area contributed by atoms with Crippen LogP contribution < -0.4 is 10.7 Å². The molecule has 0 radical (unpaired) electrons. The molecule has 142 valence electrons. The van der Waals surface area contributed by atoms with Gasteiger partial charge in [-0.25, -0.2) is 0 Å². The number of fused-ring (bicyclic) bond motifs is 1. The molecule has 2 heterocycles. The van der Waals surface area contributed by atoms with Crippen LogP contribution in [0.5, 0.6) is 17.2 Å². The lowest BCUT2D eigenvalue weighted by Crippen LogP contribution is -2.40. The van der Waals surface area contributed by atoms with Crippen LogP contribution in [-0.4, -0.2) is 53.4 Å². The van der Waals surface area contributed by atoms with Crippen molar-refractivity contribution >= 4 is 11.0 Å². The molecule has 27 heavy (non-hydrogen) atoms. The zero-order chi connectivity index (χ0) is 19.4. The van der Waals surface area contributed by atoms with Crippen molar-refractivity contribution in [3.05, 3.63) is 52.7 Å². The van der Waals surface area contributed by atoms with Crippen molar-refractivity contribution in [1.29, 1.82) is 0 Å². The highest BCUT2D eigenvalue weighted by atomic mass is 16.3. The number of nitrogens with one attached hydrogen (secondary N) is 1. The van der Waals surface area contributed by atoms with Gasteiger partial charge in [0.25, 0.3) is 0 Å². The molecular weight excluding hydrogens is 348 g/mol. The average molecular weight is 370 g/mol. The summed E-state index contributed by atoms with van der Waals surface area (Å²) in [6.45, 7) is 4.74. The standard InChI is InChI=1S/C15H10O5.C5H12N2/c16-9-6-11(8-4-2-1-3-5-8)20-12-7-10(17)14(18)15(19)13(9)12;1-7-4-2-6-3-5-7/h1-7,17-19H;6H,2-5H2,1H3. The van der Waals surface area contributed by atoms with Crippen LogP contribution in [0, 0.1) is 0 Å². The lowest BCUT2D eigenvalue weighted by Gasteiger charge is -2.21. The van der Waals surface area contributed by atoms with Crippen molar-refractivity contribution in [2.24, 2.45) is 0 Å². The molecule has 3 aromatic rings. The molecule has 0 amide bonds. The second kappa shape index (κ2) is 8.11. The lowest BCUT2D eigenvalue weighted by atomic mass is 10.1. The number of hydrogen-bond donors (Lipinski definition) is 4. The number of phenols is 3.